The molecule has 0 nitrogen and oxygen atoms in total. The van der Waals surface area contributed by atoms with Crippen LogP contribution in [0.25, 0.3) is 22.3 Å². The SMILES string of the molecule is [2H]c1ccc(-c2cccc(-c3ccccc3)c2)c(C(F)(F)F)c1. The predicted molar refractivity (Wildman–Crippen MR) is 82.3 cm³/mol. The highest BCUT2D eigenvalue weighted by molar-refractivity contribution is 5.75. The van der Waals surface area contributed by atoms with Gasteiger partial charge in [0.1, 0.15) is 0 Å². The van der Waals surface area contributed by atoms with Gasteiger partial charge in [-0.2, -0.15) is 13.2 Å². The van der Waals surface area contributed by atoms with E-state index in [0.717, 1.165) is 17.2 Å². The van der Waals surface area contributed by atoms with Crippen molar-refractivity contribution in [1.82, 2.24) is 0 Å². The number of hydrogen-bond acceptors (Lipinski definition) is 0. The molecule has 110 valence electrons. The molecule has 3 rings (SSSR count). The molecular weight excluding hydrogens is 285 g/mol. The van der Waals surface area contributed by atoms with Crippen molar-refractivity contribution in [1.29, 1.82) is 0 Å². The Bertz CT molecular complexity index is 824. The van der Waals surface area contributed by atoms with Crippen LogP contribution in [0.4, 0.5) is 13.2 Å². The molecule has 0 aliphatic carbocycles. The molecule has 0 radical (unpaired) electrons. The molecule has 0 aliphatic heterocycles. The largest absolute Gasteiger partial charge is 0.417 e. The normalized spacial score (nSPS) is 12.0. The van der Waals surface area contributed by atoms with Gasteiger partial charge in [0, 0.05) is 0 Å². The van der Waals surface area contributed by atoms with Crippen LogP contribution in [0.1, 0.15) is 6.93 Å². The van der Waals surface area contributed by atoms with E-state index in [-0.39, 0.29) is 11.6 Å². The van der Waals surface area contributed by atoms with Crippen LogP contribution in [0.15, 0.2) is 78.8 Å². The Kier molecular flexibility index (Phi) is 3.39. The molecule has 0 N–H and O–H groups in total. The van der Waals surface area contributed by atoms with Crippen LogP contribution in [0.5, 0.6) is 0 Å². The third-order valence-electron chi connectivity index (χ3n) is 3.45. The molecule has 0 spiro atoms. The molecule has 0 heterocycles. The quantitative estimate of drug-likeness (QED) is 0.541. The van der Waals surface area contributed by atoms with Crippen molar-refractivity contribution in [3.8, 4) is 22.3 Å². The minimum atomic E-state index is -4.49. The average Bonchev–Trinajstić information content (AvgIpc) is 2.55. The zero-order chi connectivity index (χ0) is 16.4. The van der Waals surface area contributed by atoms with E-state index in [0.29, 0.717) is 5.56 Å². The lowest BCUT2D eigenvalue weighted by Crippen LogP contribution is -2.06. The first-order chi connectivity index (χ1) is 10.9. The van der Waals surface area contributed by atoms with Gasteiger partial charge in [0.15, 0.2) is 0 Å². The summed E-state index contributed by atoms with van der Waals surface area (Å²) in [5.74, 6) is 0. The maximum atomic E-state index is 13.3. The van der Waals surface area contributed by atoms with Crippen molar-refractivity contribution in [2.45, 2.75) is 6.18 Å². The van der Waals surface area contributed by atoms with Gasteiger partial charge in [0.2, 0.25) is 0 Å². The zero-order valence-electron chi connectivity index (χ0n) is 12.6. The van der Waals surface area contributed by atoms with Gasteiger partial charge < -0.3 is 0 Å². The topological polar surface area (TPSA) is 0 Å². The number of alkyl halides is 3. The Labute approximate surface area is 128 Å². The standard InChI is InChI=1S/C19H13F3/c20-19(21,22)18-12-5-4-11-17(18)16-10-6-9-15(13-16)14-7-2-1-3-8-14/h1-13H/i5D. The van der Waals surface area contributed by atoms with E-state index in [4.69, 9.17) is 1.37 Å². The van der Waals surface area contributed by atoms with Crippen molar-refractivity contribution in [3.63, 3.8) is 0 Å². The van der Waals surface area contributed by atoms with Crippen molar-refractivity contribution in [2.75, 3.05) is 0 Å². The molecule has 3 aromatic rings. The number of benzene rings is 3. The number of hydrogen-bond donors (Lipinski definition) is 0. The smallest absolute Gasteiger partial charge is 0.166 e. The number of rotatable bonds is 2. The van der Waals surface area contributed by atoms with Gasteiger partial charge in [-0.25, -0.2) is 0 Å². The molecule has 3 heteroatoms. The maximum Gasteiger partial charge on any atom is 0.417 e. The second kappa shape index (κ2) is 5.68. The van der Waals surface area contributed by atoms with Crippen LogP contribution in [0, 0.1) is 0 Å². The molecule has 3 aromatic carbocycles. The van der Waals surface area contributed by atoms with Crippen molar-refractivity contribution in [3.05, 3.63) is 84.4 Å². The van der Waals surface area contributed by atoms with Gasteiger partial charge in [-0.05, 0) is 34.4 Å². The van der Waals surface area contributed by atoms with Gasteiger partial charge in [0.05, 0.1) is 6.93 Å². The Balaban J connectivity index is 2.14. The summed E-state index contributed by atoms with van der Waals surface area (Å²) in [6.07, 6.45) is -4.49. The van der Waals surface area contributed by atoms with Crippen LogP contribution >= 0.6 is 0 Å². The van der Waals surface area contributed by atoms with E-state index in [1.54, 1.807) is 18.2 Å². The summed E-state index contributed by atoms with van der Waals surface area (Å²) in [6.45, 7) is 0. The first-order valence-corrected chi connectivity index (χ1v) is 6.79. The highest BCUT2D eigenvalue weighted by atomic mass is 19.4. The summed E-state index contributed by atoms with van der Waals surface area (Å²) in [5.41, 5.74) is 1.59. The second-order valence-corrected chi connectivity index (χ2v) is 4.92. The van der Waals surface area contributed by atoms with Crippen molar-refractivity contribution in [2.24, 2.45) is 0 Å². The minimum Gasteiger partial charge on any atom is -0.166 e. The highest BCUT2D eigenvalue weighted by Crippen LogP contribution is 2.37. The molecule has 0 unspecified atom stereocenters. The summed E-state index contributed by atoms with van der Waals surface area (Å²) in [4.78, 5) is 0. The third kappa shape index (κ3) is 2.89. The fraction of sp³-hybridized carbons (Fsp3) is 0.0526. The van der Waals surface area contributed by atoms with Crippen LogP contribution in [0.3, 0.4) is 0 Å². The Hall–Kier alpha value is -2.55. The third-order valence-corrected chi connectivity index (χ3v) is 3.45. The lowest BCUT2D eigenvalue weighted by molar-refractivity contribution is -0.137. The van der Waals surface area contributed by atoms with E-state index in [9.17, 15) is 13.2 Å². The summed E-state index contributed by atoms with van der Waals surface area (Å²) >= 11 is 0. The highest BCUT2D eigenvalue weighted by Gasteiger charge is 2.33. The van der Waals surface area contributed by atoms with Crippen LogP contribution < -0.4 is 0 Å². The fourth-order valence-corrected chi connectivity index (χ4v) is 2.41. The van der Waals surface area contributed by atoms with Crippen LogP contribution in [-0.4, -0.2) is 0 Å². The van der Waals surface area contributed by atoms with Gasteiger partial charge in [-0.15, -0.1) is 0 Å². The van der Waals surface area contributed by atoms with E-state index in [1.165, 1.54) is 12.1 Å². The molecule has 22 heavy (non-hydrogen) atoms. The first-order valence-electron chi connectivity index (χ1n) is 7.29. The molecule has 0 saturated carbocycles. The summed E-state index contributed by atoms with van der Waals surface area (Å²) in [6, 6.07) is 19.9. The molecule has 0 atom stereocenters. The second-order valence-electron chi connectivity index (χ2n) is 4.92. The zero-order valence-corrected chi connectivity index (χ0v) is 11.6. The monoisotopic (exact) mass is 299 g/mol. The van der Waals surface area contributed by atoms with Crippen LogP contribution in [-0.2, 0) is 6.18 Å². The molecule has 0 aromatic heterocycles. The Morgan fingerprint density at radius 3 is 2.09 bits per heavy atom. The summed E-state index contributed by atoms with van der Waals surface area (Å²) in [7, 11) is 0. The van der Waals surface area contributed by atoms with Gasteiger partial charge in [-0.1, -0.05) is 66.7 Å². The first kappa shape index (κ1) is 13.1. The molecule has 0 aliphatic rings. The molecule has 0 saturated heterocycles. The maximum absolute atomic E-state index is 13.3. The number of halogens is 3. The molecule has 0 bridgehead atoms. The Morgan fingerprint density at radius 2 is 1.36 bits per heavy atom. The lowest BCUT2D eigenvalue weighted by atomic mass is 9.96. The average molecular weight is 299 g/mol. The lowest BCUT2D eigenvalue weighted by Gasteiger charge is -2.13. The molecule has 0 amide bonds. The van der Waals surface area contributed by atoms with Crippen molar-refractivity contribution < 1.29 is 14.5 Å². The van der Waals surface area contributed by atoms with E-state index >= 15 is 0 Å². The molecular formula is C19H13F3. The van der Waals surface area contributed by atoms with Crippen molar-refractivity contribution >= 4 is 0 Å². The molecule has 0 fully saturated rings. The Morgan fingerprint density at radius 1 is 0.682 bits per heavy atom. The van der Waals surface area contributed by atoms with Gasteiger partial charge in [-0.3, -0.25) is 0 Å². The van der Waals surface area contributed by atoms with E-state index < -0.39 is 11.7 Å². The summed E-state index contributed by atoms with van der Waals surface area (Å²) < 4.78 is 47.2. The minimum absolute atomic E-state index is 0.0891. The summed E-state index contributed by atoms with van der Waals surface area (Å²) in [5, 5.41) is 0. The fourth-order valence-electron chi connectivity index (χ4n) is 2.41. The predicted octanol–water partition coefficient (Wildman–Crippen LogP) is 6.04. The van der Waals surface area contributed by atoms with E-state index in [1.807, 2.05) is 36.4 Å². The van der Waals surface area contributed by atoms with Gasteiger partial charge in [0.25, 0.3) is 0 Å². The van der Waals surface area contributed by atoms with Crippen LogP contribution in [0.2, 0.25) is 0 Å². The van der Waals surface area contributed by atoms with E-state index in [2.05, 4.69) is 0 Å². The van der Waals surface area contributed by atoms with Gasteiger partial charge >= 0.3 is 6.18 Å².